The third kappa shape index (κ3) is 2.06. The summed E-state index contributed by atoms with van der Waals surface area (Å²) in [5.41, 5.74) is 3.30. The fourth-order valence-corrected chi connectivity index (χ4v) is 1.73. The zero-order chi connectivity index (χ0) is 12.4. The van der Waals surface area contributed by atoms with E-state index >= 15 is 0 Å². The minimum Gasteiger partial charge on any atom is -0.496 e. The van der Waals surface area contributed by atoms with Crippen molar-refractivity contribution in [1.82, 2.24) is 9.78 Å². The number of aryl methyl sites for hydroxylation is 2. The van der Waals surface area contributed by atoms with Crippen molar-refractivity contribution in [3.05, 3.63) is 35.5 Å². The monoisotopic (exact) mass is 230 g/mol. The van der Waals surface area contributed by atoms with E-state index in [1.54, 1.807) is 24.9 Å². The van der Waals surface area contributed by atoms with Gasteiger partial charge in [-0.1, -0.05) is 6.07 Å². The summed E-state index contributed by atoms with van der Waals surface area (Å²) in [5.74, 6) is 0.764. The van der Waals surface area contributed by atoms with E-state index in [0.29, 0.717) is 5.69 Å². The Morgan fingerprint density at radius 1 is 1.35 bits per heavy atom. The number of rotatable bonds is 3. The van der Waals surface area contributed by atoms with Crippen molar-refractivity contribution >= 4 is 6.29 Å². The van der Waals surface area contributed by atoms with E-state index in [9.17, 15) is 4.79 Å². The number of carbonyl (C=O) groups excluding carboxylic acids is 1. The van der Waals surface area contributed by atoms with Gasteiger partial charge in [-0.25, -0.2) is 0 Å². The summed E-state index contributed by atoms with van der Waals surface area (Å²) >= 11 is 0. The van der Waals surface area contributed by atoms with Crippen LogP contribution < -0.4 is 4.74 Å². The van der Waals surface area contributed by atoms with Gasteiger partial charge in [0, 0.05) is 12.6 Å². The van der Waals surface area contributed by atoms with E-state index in [1.165, 1.54) is 0 Å². The van der Waals surface area contributed by atoms with Crippen LogP contribution in [0.5, 0.6) is 5.75 Å². The van der Waals surface area contributed by atoms with Crippen molar-refractivity contribution < 1.29 is 9.53 Å². The number of aromatic nitrogens is 2. The van der Waals surface area contributed by atoms with Gasteiger partial charge >= 0.3 is 0 Å². The van der Waals surface area contributed by atoms with Crippen LogP contribution in [-0.2, 0) is 7.05 Å². The molecule has 0 aliphatic carbocycles. The van der Waals surface area contributed by atoms with Crippen LogP contribution in [0.4, 0.5) is 0 Å². The maximum absolute atomic E-state index is 10.8. The maximum Gasteiger partial charge on any atom is 0.168 e. The maximum atomic E-state index is 10.8. The highest BCUT2D eigenvalue weighted by atomic mass is 16.5. The van der Waals surface area contributed by atoms with Gasteiger partial charge < -0.3 is 4.74 Å². The van der Waals surface area contributed by atoms with Crippen molar-refractivity contribution in [1.29, 1.82) is 0 Å². The molecule has 0 saturated heterocycles. The first kappa shape index (κ1) is 11.4. The average Bonchev–Trinajstić information content (AvgIpc) is 2.70. The summed E-state index contributed by atoms with van der Waals surface area (Å²) in [4.78, 5) is 10.8. The lowest BCUT2D eigenvalue weighted by Crippen LogP contribution is -1.96. The molecule has 4 heteroatoms. The predicted octanol–water partition coefficient (Wildman–Crippen LogP) is 2.22. The highest BCUT2D eigenvalue weighted by Crippen LogP contribution is 2.29. The molecule has 0 fully saturated rings. The molecule has 0 saturated carbocycles. The summed E-state index contributed by atoms with van der Waals surface area (Å²) in [6.07, 6.45) is 0.789. The van der Waals surface area contributed by atoms with Gasteiger partial charge in [0.1, 0.15) is 11.4 Å². The van der Waals surface area contributed by atoms with E-state index in [1.807, 2.05) is 25.1 Å². The molecule has 0 unspecified atom stereocenters. The molecule has 1 aromatic carbocycles. The molecule has 4 nitrogen and oxygen atoms in total. The second-order valence-electron chi connectivity index (χ2n) is 3.90. The van der Waals surface area contributed by atoms with Crippen molar-refractivity contribution in [2.75, 3.05) is 7.11 Å². The second kappa shape index (κ2) is 4.41. The van der Waals surface area contributed by atoms with Gasteiger partial charge in [0.2, 0.25) is 0 Å². The van der Waals surface area contributed by atoms with Crippen LogP contribution in [0.1, 0.15) is 16.1 Å². The minimum atomic E-state index is 0.544. The minimum absolute atomic E-state index is 0.544. The second-order valence-corrected chi connectivity index (χ2v) is 3.90. The van der Waals surface area contributed by atoms with Crippen LogP contribution in [0.3, 0.4) is 0 Å². The molecule has 2 aromatic rings. The summed E-state index contributed by atoms with van der Waals surface area (Å²) < 4.78 is 6.88. The number of ether oxygens (including phenoxy) is 1. The van der Waals surface area contributed by atoms with Crippen LogP contribution in [0, 0.1) is 6.92 Å². The Kier molecular flexibility index (Phi) is 2.95. The quantitative estimate of drug-likeness (QED) is 0.759. The zero-order valence-electron chi connectivity index (χ0n) is 10.1. The first-order chi connectivity index (χ1) is 8.15. The first-order valence-corrected chi connectivity index (χ1v) is 5.30. The highest BCUT2D eigenvalue weighted by molar-refractivity contribution is 5.77. The fourth-order valence-electron chi connectivity index (χ4n) is 1.73. The first-order valence-electron chi connectivity index (χ1n) is 5.30. The molecule has 0 radical (unpaired) electrons. The Morgan fingerprint density at radius 2 is 2.12 bits per heavy atom. The fraction of sp³-hybridized carbons (Fsp3) is 0.231. The SMILES string of the molecule is COc1cc(C)ccc1-c1cc(C=O)n(C)n1. The van der Waals surface area contributed by atoms with Crippen LogP contribution in [0.25, 0.3) is 11.3 Å². The van der Waals surface area contributed by atoms with Gasteiger partial charge in [0.25, 0.3) is 0 Å². The summed E-state index contributed by atoms with van der Waals surface area (Å²) in [7, 11) is 3.37. The smallest absolute Gasteiger partial charge is 0.168 e. The molecular weight excluding hydrogens is 216 g/mol. The Balaban J connectivity index is 2.55. The standard InChI is InChI=1S/C13H14N2O2/c1-9-4-5-11(13(6-9)17-3)12-7-10(8-16)15(2)14-12/h4-8H,1-3H3. The van der Waals surface area contributed by atoms with E-state index < -0.39 is 0 Å². The number of hydrogen-bond donors (Lipinski definition) is 0. The Morgan fingerprint density at radius 3 is 2.71 bits per heavy atom. The lowest BCUT2D eigenvalue weighted by atomic mass is 10.1. The molecule has 0 atom stereocenters. The van der Waals surface area contributed by atoms with Gasteiger partial charge in [-0.3, -0.25) is 9.48 Å². The van der Waals surface area contributed by atoms with E-state index in [-0.39, 0.29) is 0 Å². The Hall–Kier alpha value is -2.10. The Bertz CT molecular complexity index is 559. The largest absolute Gasteiger partial charge is 0.496 e. The van der Waals surface area contributed by atoms with E-state index in [0.717, 1.165) is 28.9 Å². The molecule has 0 N–H and O–H groups in total. The predicted molar refractivity (Wildman–Crippen MR) is 65.3 cm³/mol. The van der Waals surface area contributed by atoms with Crippen LogP contribution in [0.2, 0.25) is 0 Å². The lowest BCUT2D eigenvalue weighted by Gasteiger charge is -2.06. The van der Waals surface area contributed by atoms with Gasteiger partial charge in [-0.15, -0.1) is 0 Å². The van der Waals surface area contributed by atoms with Crippen LogP contribution in [-0.4, -0.2) is 23.2 Å². The molecule has 0 bridgehead atoms. The van der Waals surface area contributed by atoms with Gasteiger partial charge in [-0.05, 0) is 30.7 Å². The summed E-state index contributed by atoms with van der Waals surface area (Å²) in [5, 5.41) is 4.30. The number of methoxy groups -OCH3 is 1. The van der Waals surface area contributed by atoms with Crippen LogP contribution in [0.15, 0.2) is 24.3 Å². The molecular formula is C13H14N2O2. The van der Waals surface area contributed by atoms with E-state index in [2.05, 4.69) is 5.10 Å². The molecule has 1 aromatic heterocycles. The molecule has 0 aliphatic heterocycles. The highest BCUT2D eigenvalue weighted by Gasteiger charge is 2.11. The topological polar surface area (TPSA) is 44.1 Å². The molecule has 0 amide bonds. The number of carbonyl (C=O) groups is 1. The molecule has 2 rings (SSSR count). The third-order valence-corrected chi connectivity index (χ3v) is 2.67. The van der Waals surface area contributed by atoms with Crippen molar-refractivity contribution in [3.63, 3.8) is 0 Å². The van der Waals surface area contributed by atoms with Gasteiger partial charge in [0.05, 0.1) is 12.8 Å². The third-order valence-electron chi connectivity index (χ3n) is 2.67. The molecule has 0 aliphatic rings. The molecule has 0 spiro atoms. The number of hydrogen-bond acceptors (Lipinski definition) is 3. The summed E-state index contributed by atoms with van der Waals surface area (Å²) in [6.45, 7) is 2.00. The van der Waals surface area contributed by atoms with E-state index in [4.69, 9.17) is 4.74 Å². The Labute approximate surface area is 99.8 Å². The summed E-state index contributed by atoms with van der Waals surface area (Å²) in [6, 6.07) is 7.64. The average molecular weight is 230 g/mol. The van der Waals surface area contributed by atoms with Crippen molar-refractivity contribution in [3.8, 4) is 17.0 Å². The molecule has 17 heavy (non-hydrogen) atoms. The van der Waals surface area contributed by atoms with Crippen LogP contribution >= 0.6 is 0 Å². The lowest BCUT2D eigenvalue weighted by molar-refractivity contribution is 0.111. The molecule has 1 heterocycles. The zero-order valence-corrected chi connectivity index (χ0v) is 10.1. The number of benzene rings is 1. The van der Waals surface area contributed by atoms with Gasteiger partial charge in [-0.2, -0.15) is 5.10 Å². The molecule has 88 valence electrons. The van der Waals surface area contributed by atoms with Crippen molar-refractivity contribution in [2.24, 2.45) is 7.05 Å². The number of aldehydes is 1. The normalized spacial score (nSPS) is 10.3. The van der Waals surface area contributed by atoms with Gasteiger partial charge in [0.15, 0.2) is 6.29 Å². The number of nitrogens with zero attached hydrogens (tertiary/aromatic N) is 2. The van der Waals surface area contributed by atoms with Crippen molar-refractivity contribution in [2.45, 2.75) is 6.92 Å².